The lowest BCUT2D eigenvalue weighted by Gasteiger charge is -2.02. The molecule has 0 unspecified atom stereocenters. The van der Waals surface area contributed by atoms with Gasteiger partial charge in [0.15, 0.2) is 0 Å². The standard InChI is InChI=1S/C14H10/c1-11-7-3-5-9-13(11)14-10-6-4-8-12(14)2/h3-4,7-8H,1-2H3. The summed E-state index contributed by atoms with van der Waals surface area (Å²) in [5, 5.41) is 0. The van der Waals surface area contributed by atoms with Crippen LogP contribution in [0.1, 0.15) is 11.1 Å². The lowest BCUT2D eigenvalue weighted by atomic mass is 10.00. The van der Waals surface area contributed by atoms with Crippen LogP contribution in [0.5, 0.6) is 0 Å². The fraction of sp³-hybridized carbons (Fsp3) is 0.143. The van der Waals surface area contributed by atoms with Crippen molar-refractivity contribution in [2.45, 2.75) is 13.8 Å². The number of rotatable bonds is 1. The van der Waals surface area contributed by atoms with E-state index in [1.54, 1.807) is 0 Å². The van der Waals surface area contributed by atoms with Crippen molar-refractivity contribution < 1.29 is 0 Å². The third-order valence-electron chi connectivity index (χ3n) is 2.27. The van der Waals surface area contributed by atoms with Gasteiger partial charge in [-0.25, -0.2) is 0 Å². The van der Waals surface area contributed by atoms with Crippen molar-refractivity contribution in [2.75, 3.05) is 0 Å². The Kier molecular flexibility index (Phi) is 2.13. The molecule has 66 valence electrons. The highest BCUT2D eigenvalue weighted by atomic mass is 14.0. The second kappa shape index (κ2) is 3.44. The number of aryl methyl sites for hydroxylation is 2. The third kappa shape index (κ3) is 1.43. The van der Waals surface area contributed by atoms with E-state index in [1.807, 2.05) is 24.3 Å². The van der Waals surface area contributed by atoms with E-state index in [-0.39, 0.29) is 0 Å². The second-order valence-corrected chi connectivity index (χ2v) is 3.32. The lowest BCUT2D eigenvalue weighted by molar-refractivity contribution is 1.42. The zero-order chi connectivity index (χ0) is 9.97. The van der Waals surface area contributed by atoms with Crippen LogP contribution in [0.3, 0.4) is 0 Å². The zero-order valence-corrected chi connectivity index (χ0v) is 8.31. The van der Waals surface area contributed by atoms with Crippen LogP contribution in [0.4, 0.5) is 0 Å². The van der Waals surface area contributed by atoms with Crippen molar-refractivity contribution in [3.63, 3.8) is 0 Å². The summed E-state index contributed by atoms with van der Waals surface area (Å²) in [5.74, 6) is 0. The summed E-state index contributed by atoms with van der Waals surface area (Å²) in [7, 11) is 0. The molecular formula is C14H10. The van der Waals surface area contributed by atoms with Crippen molar-refractivity contribution in [3.8, 4) is 11.1 Å². The molecule has 0 aliphatic heterocycles. The molecule has 0 radical (unpaired) electrons. The minimum Gasteiger partial charge on any atom is -0.0696 e. The van der Waals surface area contributed by atoms with Crippen LogP contribution in [0.15, 0.2) is 24.3 Å². The molecule has 14 heavy (non-hydrogen) atoms. The van der Waals surface area contributed by atoms with Gasteiger partial charge >= 0.3 is 0 Å². The fourth-order valence-electron chi connectivity index (χ4n) is 1.44. The van der Waals surface area contributed by atoms with Gasteiger partial charge < -0.3 is 0 Å². The molecule has 2 rings (SSSR count). The quantitative estimate of drug-likeness (QED) is 0.629. The van der Waals surface area contributed by atoms with Crippen LogP contribution in [0.25, 0.3) is 11.1 Å². The molecule has 0 atom stereocenters. The SMILES string of the molecule is Cc1ccc#cc1-c1c#cccc1C. The first kappa shape index (κ1) is 8.67. The van der Waals surface area contributed by atoms with Crippen LogP contribution >= 0.6 is 0 Å². The summed E-state index contributed by atoms with van der Waals surface area (Å²) in [6.07, 6.45) is 0. The minimum atomic E-state index is 1.07. The van der Waals surface area contributed by atoms with Crippen LogP contribution in [0.2, 0.25) is 0 Å². The molecule has 0 saturated heterocycles. The molecule has 0 N–H and O–H groups in total. The summed E-state index contributed by atoms with van der Waals surface area (Å²) >= 11 is 0. The highest BCUT2D eigenvalue weighted by Crippen LogP contribution is 2.21. The molecule has 0 aliphatic carbocycles. The molecule has 0 saturated carbocycles. The van der Waals surface area contributed by atoms with Crippen LogP contribution in [0, 0.1) is 38.1 Å². The predicted octanol–water partition coefficient (Wildman–Crippen LogP) is 3.17. The van der Waals surface area contributed by atoms with Crippen molar-refractivity contribution in [3.05, 3.63) is 59.7 Å². The largest absolute Gasteiger partial charge is 0.0696 e. The van der Waals surface area contributed by atoms with E-state index in [9.17, 15) is 0 Å². The Bertz CT molecular complexity index is 398. The monoisotopic (exact) mass is 178 g/mol. The Labute approximate surface area is 85.2 Å². The molecule has 0 spiro atoms. The van der Waals surface area contributed by atoms with Crippen molar-refractivity contribution >= 4 is 0 Å². The van der Waals surface area contributed by atoms with Gasteiger partial charge in [-0.1, -0.05) is 24.3 Å². The van der Waals surface area contributed by atoms with Crippen molar-refractivity contribution in [1.82, 2.24) is 0 Å². The molecule has 2 aromatic rings. The van der Waals surface area contributed by atoms with E-state index in [2.05, 4.69) is 38.1 Å². The summed E-state index contributed by atoms with van der Waals surface area (Å²) in [5.41, 5.74) is 4.54. The summed E-state index contributed by atoms with van der Waals surface area (Å²) in [4.78, 5) is 0. The van der Waals surface area contributed by atoms with Crippen molar-refractivity contribution in [2.24, 2.45) is 0 Å². The summed E-state index contributed by atoms with van der Waals surface area (Å²) in [6.45, 7) is 4.14. The molecule has 0 nitrogen and oxygen atoms in total. The molecule has 2 aromatic carbocycles. The third-order valence-corrected chi connectivity index (χ3v) is 2.27. The van der Waals surface area contributed by atoms with Crippen molar-refractivity contribution in [1.29, 1.82) is 0 Å². The van der Waals surface area contributed by atoms with Crippen LogP contribution in [-0.4, -0.2) is 0 Å². The molecule has 0 aromatic heterocycles. The maximum atomic E-state index is 3.12. The van der Waals surface area contributed by atoms with Gasteiger partial charge in [0.05, 0.1) is 0 Å². The number of hydrogen-bond donors (Lipinski definition) is 0. The topological polar surface area (TPSA) is 0 Å². The van der Waals surface area contributed by atoms with E-state index in [4.69, 9.17) is 0 Å². The molecule has 0 heteroatoms. The Hall–Kier alpha value is -1.92. The average molecular weight is 178 g/mol. The maximum Gasteiger partial charge on any atom is 0.0437 e. The molecule has 0 heterocycles. The Morgan fingerprint density at radius 2 is 1.21 bits per heavy atom. The minimum absolute atomic E-state index is 1.07. The van der Waals surface area contributed by atoms with Gasteiger partial charge in [-0.2, -0.15) is 0 Å². The van der Waals surface area contributed by atoms with Gasteiger partial charge in [-0.15, -0.1) is 0 Å². The van der Waals surface area contributed by atoms with E-state index >= 15 is 0 Å². The smallest absolute Gasteiger partial charge is 0.0437 e. The first-order valence-corrected chi connectivity index (χ1v) is 4.57. The number of hydrogen-bond acceptors (Lipinski definition) is 0. The van der Waals surface area contributed by atoms with Crippen LogP contribution < -0.4 is 0 Å². The average Bonchev–Trinajstić information content (AvgIpc) is 2.20. The van der Waals surface area contributed by atoms with E-state index < -0.39 is 0 Å². The molecule has 0 aliphatic rings. The predicted molar refractivity (Wildman–Crippen MR) is 56.7 cm³/mol. The van der Waals surface area contributed by atoms with Gasteiger partial charge in [-0.05, 0) is 49.2 Å². The van der Waals surface area contributed by atoms with Crippen LogP contribution in [-0.2, 0) is 0 Å². The molecule has 0 fully saturated rings. The van der Waals surface area contributed by atoms with Gasteiger partial charge in [0.2, 0.25) is 0 Å². The Morgan fingerprint density at radius 1 is 0.786 bits per heavy atom. The molecule has 0 bridgehead atoms. The summed E-state index contributed by atoms with van der Waals surface area (Å²) in [6, 6.07) is 20.0. The first-order chi connectivity index (χ1) is 6.79. The Balaban J connectivity index is 2.61. The van der Waals surface area contributed by atoms with E-state index in [1.165, 1.54) is 11.1 Å². The van der Waals surface area contributed by atoms with Gasteiger partial charge in [0.25, 0.3) is 0 Å². The first-order valence-electron chi connectivity index (χ1n) is 4.57. The zero-order valence-electron chi connectivity index (χ0n) is 8.31. The highest BCUT2D eigenvalue weighted by Gasteiger charge is 2.02. The second-order valence-electron chi connectivity index (χ2n) is 3.32. The van der Waals surface area contributed by atoms with E-state index in [0.29, 0.717) is 0 Å². The Morgan fingerprint density at radius 3 is 1.57 bits per heavy atom. The summed E-state index contributed by atoms with van der Waals surface area (Å²) < 4.78 is 0. The van der Waals surface area contributed by atoms with Gasteiger partial charge in [0.1, 0.15) is 0 Å². The maximum absolute atomic E-state index is 3.12. The lowest BCUT2D eigenvalue weighted by Crippen LogP contribution is -1.83. The van der Waals surface area contributed by atoms with Gasteiger partial charge in [-0.3, -0.25) is 0 Å². The van der Waals surface area contributed by atoms with E-state index in [0.717, 1.165) is 11.1 Å². The normalized spacial score (nSPS) is 9.00. The molecular weight excluding hydrogens is 168 g/mol. The highest BCUT2D eigenvalue weighted by molar-refractivity contribution is 5.66. The fourth-order valence-corrected chi connectivity index (χ4v) is 1.44. The van der Waals surface area contributed by atoms with Gasteiger partial charge in [0, 0.05) is 11.1 Å². The molecule has 0 amide bonds.